The number of nitrogens with zero attached hydrogens (tertiary/aromatic N) is 2. The van der Waals surface area contributed by atoms with Crippen molar-refractivity contribution in [3.05, 3.63) is 78.1 Å². The fraction of sp³-hybridized carbons (Fsp3) is 0.417. The van der Waals surface area contributed by atoms with Crippen molar-refractivity contribution in [1.82, 2.24) is 9.55 Å². The Bertz CT molecular complexity index is 1580. The number of benzene rings is 3. The second-order valence-electron chi connectivity index (χ2n) is 12.5. The number of anilines is 1. The van der Waals surface area contributed by atoms with Crippen molar-refractivity contribution in [1.29, 1.82) is 0 Å². The van der Waals surface area contributed by atoms with E-state index in [1.165, 1.54) is 6.42 Å². The number of unbranched alkanes of at least 4 members (excludes halogenated alkanes) is 1. The molecule has 1 heterocycles. The van der Waals surface area contributed by atoms with Gasteiger partial charge in [-0.25, -0.2) is 14.6 Å². The van der Waals surface area contributed by atoms with Gasteiger partial charge in [-0.1, -0.05) is 62.2 Å². The molecular formula is C36H43N3O5. The fourth-order valence-electron chi connectivity index (χ4n) is 5.56. The Morgan fingerprint density at radius 1 is 0.977 bits per heavy atom. The summed E-state index contributed by atoms with van der Waals surface area (Å²) in [6.07, 6.45) is 7.13. The number of rotatable bonds is 9. The molecule has 1 aliphatic carbocycles. The number of ether oxygens (including phenoxy) is 3. The van der Waals surface area contributed by atoms with Crippen LogP contribution in [0.2, 0.25) is 0 Å². The van der Waals surface area contributed by atoms with Gasteiger partial charge in [0.1, 0.15) is 23.3 Å². The quantitative estimate of drug-likeness (QED) is 0.153. The van der Waals surface area contributed by atoms with Crippen molar-refractivity contribution < 1.29 is 23.8 Å². The van der Waals surface area contributed by atoms with Gasteiger partial charge in [-0.2, -0.15) is 0 Å². The molecule has 44 heavy (non-hydrogen) atoms. The molecule has 232 valence electrons. The maximum Gasteiger partial charge on any atom is 0.514 e. The molecule has 1 amide bonds. The maximum atomic E-state index is 12.6. The van der Waals surface area contributed by atoms with E-state index < -0.39 is 17.8 Å². The number of aryl methyl sites for hydroxylation is 1. The molecular weight excluding hydrogens is 554 g/mol. The first-order chi connectivity index (χ1) is 21.2. The van der Waals surface area contributed by atoms with Gasteiger partial charge in [0.05, 0.1) is 11.0 Å². The summed E-state index contributed by atoms with van der Waals surface area (Å²) in [5.74, 6) is 1.46. The van der Waals surface area contributed by atoms with Crippen molar-refractivity contribution in [2.45, 2.75) is 97.3 Å². The molecule has 4 aromatic rings. The Labute approximate surface area is 259 Å². The summed E-state index contributed by atoms with van der Waals surface area (Å²) < 4.78 is 18.8. The summed E-state index contributed by atoms with van der Waals surface area (Å²) >= 11 is 0. The minimum atomic E-state index is -0.732. The number of imidazole rings is 1. The van der Waals surface area contributed by atoms with Crippen LogP contribution in [-0.4, -0.2) is 33.5 Å². The van der Waals surface area contributed by atoms with E-state index in [0.717, 1.165) is 78.5 Å². The second-order valence-corrected chi connectivity index (χ2v) is 12.5. The Morgan fingerprint density at radius 2 is 1.73 bits per heavy atom. The minimum Gasteiger partial charge on any atom is -0.446 e. The van der Waals surface area contributed by atoms with E-state index in [-0.39, 0.29) is 6.10 Å². The highest BCUT2D eigenvalue weighted by molar-refractivity contribution is 5.89. The molecule has 0 aliphatic heterocycles. The largest absolute Gasteiger partial charge is 0.514 e. The van der Waals surface area contributed by atoms with Gasteiger partial charge in [-0.3, -0.25) is 5.32 Å². The molecule has 1 aliphatic rings. The summed E-state index contributed by atoms with van der Waals surface area (Å²) in [4.78, 5) is 29.9. The lowest BCUT2D eigenvalue weighted by Gasteiger charge is -2.21. The van der Waals surface area contributed by atoms with Crippen LogP contribution in [0.5, 0.6) is 5.75 Å². The van der Waals surface area contributed by atoms with Crippen LogP contribution in [0.25, 0.3) is 22.2 Å². The number of para-hydroxylation sites is 1. The third kappa shape index (κ3) is 8.18. The Balaban J connectivity index is 1.35. The number of carbonyl (C=O) groups excluding carboxylic acids is 2. The van der Waals surface area contributed by atoms with Gasteiger partial charge in [-0.05, 0) is 88.3 Å². The number of aromatic nitrogens is 2. The maximum absolute atomic E-state index is 12.6. The lowest BCUT2D eigenvalue weighted by Crippen LogP contribution is -2.26. The van der Waals surface area contributed by atoms with E-state index in [9.17, 15) is 9.59 Å². The van der Waals surface area contributed by atoms with Gasteiger partial charge in [0.15, 0.2) is 0 Å². The lowest BCUT2D eigenvalue weighted by molar-refractivity contribution is 0.0207. The van der Waals surface area contributed by atoms with E-state index in [2.05, 4.69) is 28.9 Å². The van der Waals surface area contributed by atoms with Gasteiger partial charge < -0.3 is 18.8 Å². The standard InChI is InChI=1S/C36H43N3O5/c1-5-6-16-33-38-30-22-21-27(37-34(40)42-28-12-8-7-9-13-28)23-31(30)39(33)24-25-17-19-26(20-18-25)29-14-10-11-15-32(29)43-35(41)44-36(2,3)4/h10-11,14-15,17-23,28H,5-9,12-13,16,24H2,1-4H3,(H,37,40). The summed E-state index contributed by atoms with van der Waals surface area (Å²) in [6, 6.07) is 21.5. The van der Waals surface area contributed by atoms with Gasteiger partial charge >= 0.3 is 12.2 Å². The zero-order chi connectivity index (χ0) is 31.1. The predicted octanol–water partition coefficient (Wildman–Crippen LogP) is 9.29. The Hall–Kier alpha value is -4.33. The molecule has 0 spiro atoms. The summed E-state index contributed by atoms with van der Waals surface area (Å²) in [5, 5.41) is 2.93. The highest BCUT2D eigenvalue weighted by atomic mass is 16.7. The SMILES string of the molecule is CCCCc1nc2ccc(NC(=O)OC3CCCCC3)cc2n1Cc1ccc(-c2ccccc2OC(=O)OC(C)(C)C)cc1. The van der Waals surface area contributed by atoms with Crippen molar-refractivity contribution in [2.24, 2.45) is 0 Å². The van der Waals surface area contributed by atoms with Crippen LogP contribution in [0.15, 0.2) is 66.7 Å². The van der Waals surface area contributed by atoms with Gasteiger partial charge in [0, 0.05) is 24.2 Å². The van der Waals surface area contributed by atoms with E-state index in [0.29, 0.717) is 18.0 Å². The molecule has 1 fully saturated rings. The van der Waals surface area contributed by atoms with Gasteiger partial charge in [0.2, 0.25) is 0 Å². The monoisotopic (exact) mass is 597 g/mol. The van der Waals surface area contributed by atoms with E-state index in [1.807, 2.05) is 48.5 Å². The highest BCUT2D eigenvalue weighted by Crippen LogP contribution is 2.31. The number of hydrogen-bond donors (Lipinski definition) is 1. The average Bonchev–Trinajstić information content (AvgIpc) is 3.32. The Kier molecular flexibility index (Phi) is 9.88. The molecule has 0 unspecified atom stereocenters. The molecule has 1 saturated carbocycles. The van der Waals surface area contributed by atoms with Gasteiger partial charge in [-0.15, -0.1) is 0 Å². The molecule has 8 heteroatoms. The summed E-state index contributed by atoms with van der Waals surface area (Å²) in [7, 11) is 0. The van der Waals surface area contributed by atoms with Crippen molar-refractivity contribution >= 4 is 29.0 Å². The topological polar surface area (TPSA) is 91.7 Å². The molecule has 8 nitrogen and oxygen atoms in total. The first-order valence-corrected chi connectivity index (χ1v) is 15.7. The molecule has 1 aromatic heterocycles. The average molecular weight is 598 g/mol. The molecule has 0 radical (unpaired) electrons. The van der Waals surface area contributed by atoms with Crippen LogP contribution in [0.3, 0.4) is 0 Å². The number of nitrogens with one attached hydrogen (secondary N) is 1. The van der Waals surface area contributed by atoms with Crippen LogP contribution in [0, 0.1) is 0 Å². The molecule has 3 aromatic carbocycles. The first-order valence-electron chi connectivity index (χ1n) is 15.7. The molecule has 0 atom stereocenters. The number of fused-ring (bicyclic) bond motifs is 1. The van der Waals surface area contributed by atoms with Crippen LogP contribution in [-0.2, 0) is 22.4 Å². The fourth-order valence-corrected chi connectivity index (χ4v) is 5.56. The van der Waals surface area contributed by atoms with Crippen molar-refractivity contribution in [2.75, 3.05) is 5.32 Å². The molecule has 5 rings (SSSR count). The second kappa shape index (κ2) is 14.0. The predicted molar refractivity (Wildman–Crippen MR) is 173 cm³/mol. The van der Waals surface area contributed by atoms with E-state index in [4.69, 9.17) is 19.2 Å². The summed E-state index contributed by atoms with van der Waals surface area (Å²) in [5.41, 5.74) is 4.75. The van der Waals surface area contributed by atoms with E-state index >= 15 is 0 Å². The third-order valence-corrected chi connectivity index (χ3v) is 7.73. The molecule has 1 N–H and O–H groups in total. The minimum absolute atomic E-state index is 0.00235. The first kappa shape index (κ1) is 31.1. The number of amides is 1. The van der Waals surface area contributed by atoms with E-state index in [1.54, 1.807) is 26.8 Å². The smallest absolute Gasteiger partial charge is 0.446 e. The lowest BCUT2D eigenvalue weighted by atomic mass is 9.98. The zero-order valence-corrected chi connectivity index (χ0v) is 26.2. The number of hydrogen-bond acceptors (Lipinski definition) is 6. The van der Waals surface area contributed by atoms with Crippen molar-refractivity contribution in [3.63, 3.8) is 0 Å². The molecule has 0 saturated heterocycles. The van der Waals surface area contributed by atoms with Crippen LogP contribution < -0.4 is 10.1 Å². The zero-order valence-electron chi connectivity index (χ0n) is 26.2. The van der Waals surface area contributed by atoms with Crippen LogP contribution >= 0.6 is 0 Å². The molecule has 0 bridgehead atoms. The van der Waals surface area contributed by atoms with Crippen LogP contribution in [0.1, 0.15) is 84.0 Å². The Morgan fingerprint density at radius 3 is 2.45 bits per heavy atom. The van der Waals surface area contributed by atoms with Gasteiger partial charge in [0.25, 0.3) is 0 Å². The third-order valence-electron chi connectivity index (χ3n) is 7.73. The summed E-state index contributed by atoms with van der Waals surface area (Å²) in [6.45, 7) is 8.22. The van der Waals surface area contributed by atoms with Crippen molar-refractivity contribution in [3.8, 4) is 16.9 Å². The number of carbonyl (C=O) groups is 2. The highest BCUT2D eigenvalue weighted by Gasteiger charge is 2.20. The normalized spacial score (nSPS) is 13.9. The van der Waals surface area contributed by atoms with Crippen LogP contribution in [0.4, 0.5) is 15.3 Å².